The Bertz CT molecular complexity index is 656. The first-order chi connectivity index (χ1) is 12.2. The van der Waals surface area contributed by atoms with Crippen LogP contribution in [0, 0.1) is 34.5 Å². The highest BCUT2D eigenvalue weighted by Crippen LogP contribution is 2.73. The minimum Gasteiger partial charge on any atom is -0.465 e. The first kappa shape index (κ1) is 15.2. The van der Waals surface area contributed by atoms with Crippen LogP contribution in [0.5, 0.6) is 0 Å². The zero-order chi connectivity index (χ0) is 16.8. The summed E-state index contributed by atoms with van der Waals surface area (Å²) in [5.74, 6) is 3.25. The number of allylic oxidation sites excluding steroid dienone is 1. The smallest absolute Gasteiger partial charge is 0.305 e. The fourth-order valence-corrected chi connectivity index (χ4v) is 8.75. The molecule has 0 N–H and O–H groups in total. The van der Waals surface area contributed by atoms with Gasteiger partial charge in [-0.1, -0.05) is 18.6 Å². The molecule has 2 saturated carbocycles. The predicted molar refractivity (Wildman–Crippen MR) is 95.8 cm³/mol. The van der Waals surface area contributed by atoms with Crippen LogP contribution in [-0.4, -0.2) is 36.6 Å². The summed E-state index contributed by atoms with van der Waals surface area (Å²) in [4.78, 5) is 15.2. The number of carbonyl (C=O) groups is 1. The van der Waals surface area contributed by atoms with Gasteiger partial charge in [0.2, 0.25) is 0 Å². The van der Waals surface area contributed by atoms with Gasteiger partial charge in [-0.15, -0.1) is 0 Å². The molecule has 6 aliphatic rings. The van der Waals surface area contributed by atoms with Crippen molar-refractivity contribution in [2.24, 2.45) is 34.5 Å². The normalized spacial score (nSPS) is 54.0. The van der Waals surface area contributed by atoms with E-state index in [1.54, 1.807) is 5.57 Å². The fourth-order valence-electron chi connectivity index (χ4n) is 8.75. The number of cyclic esters (lactones) is 1. The lowest BCUT2D eigenvalue weighted by Gasteiger charge is -2.66. The highest BCUT2D eigenvalue weighted by atomic mass is 16.5. The quantitative estimate of drug-likeness (QED) is 0.496. The summed E-state index contributed by atoms with van der Waals surface area (Å²) in [5.41, 5.74) is 2.28. The number of nitrogens with zero attached hydrogens (tertiary/aromatic N) is 1. The van der Waals surface area contributed by atoms with Crippen molar-refractivity contribution in [1.29, 1.82) is 0 Å². The molecule has 3 aliphatic carbocycles. The second-order valence-corrected chi connectivity index (χ2v) is 10.1. The van der Waals surface area contributed by atoms with Gasteiger partial charge in [0.05, 0.1) is 6.61 Å². The Morgan fingerprint density at radius 2 is 2.08 bits per heavy atom. The molecule has 3 nitrogen and oxygen atoms in total. The third kappa shape index (κ3) is 1.66. The summed E-state index contributed by atoms with van der Waals surface area (Å²) in [6.45, 7) is 5.76. The first-order valence-corrected chi connectivity index (χ1v) is 10.8. The molecule has 3 aliphatic heterocycles. The van der Waals surface area contributed by atoms with Crippen molar-refractivity contribution in [2.75, 3.05) is 19.7 Å². The maximum Gasteiger partial charge on any atom is 0.305 e. The SMILES string of the molecule is C[C@@H]1CN2CC3CC[C@H]4CCC=C4[C@]45CCC(=O)OCC34CCC1C25. The lowest BCUT2D eigenvalue weighted by molar-refractivity contribution is -0.174. The summed E-state index contributed by atoms with van der Waals surface area (Å²) in [7, 11) is 0. The standard InChI is InChI=1S/C22H31NO2/c1-14-11-23-12-16-6-5-15-3-2-4-18(15)22-10-8-19(24)25-13-21(16,22)9-7-17(14)20(22)23/h4,14-17,20H,2-3,5-13H2,1H3/t14-,15-,16?,17?,20?,21?,22+/m1/s1. The third-order valence-corrected chi connectivity index (χ3v) is 9.52. The fraction of sp³-hybridized carbons (Fsp3) is 0.864. The van der Waals surface area contributed by atoms with Gasteiger partial charge in [0.1, 0.15) is 0 Å². The van der Waals surface area contributed by atoms with Gasteiger partial charge in [-0.3, -0.25) is 9.69 Å². The molecule has 3 heterocycles. The van der Waals surface area contributed by atoms with E-state index in [1.165, 1.54) is 51.6 Å². The van der Waals surface area contributed by atoms with E-state index < -0.39 is 0 Å². The number of esters is 1. The number of ether oxygens (including phenoxy) is 1. The molecule has 25 heavy (non-hydrogen) atoms. The summed E-state index contributed by atoms with van der Waals surface area (Å²) >= 11 is 0. The van der Waals surface area contributed by atoms with Gasteiger partial charge < -0.3 is 4.74 Å². The van der Waals surface area contributed by atoms with Gasteiger partial charge in [-0.2, -0.15) is 0 Å². The van der Waals surface area contributed by atoms with Gasteiger partial charge in [0.15, 0.2) is 0 Å². The van der Waals surface area contributed by atoms with E-state index in [-0.39, 0.29) is 16.8 Å². The molecule has 3 saturated heterocycles. The number of fused-ring (bicyclic) bond motifs is 1. The summed E-state index contributed by atoms with van der Waals surface area (Å²) in [5, 5.41) is 0. The molecule has 0 aromatic heterocycles. The lowest BCUT2D eigenvalue weighted by Crippen LogP contribution is -2.68. The van der Waals surface area contributed by atoms with Gasteiger partial charge in [0.25, 0.3) is 0 Å². The maximum absolute atomic E-state index is 12.4. The van der Waals surface area contributed by atoms with Crippen LogP contribution in [0.1, 0.15) is 58.3 Å². The van der Waals surface area contributed by atoms with Crippen molar-refractivity contribution >= 4 is 5.97 Å². The molecule has 0 aromatic rings. The van der Waals surface area contributed by atoms with E-state index in [4.69, 9.17) is 4.74 Å². The third-order valence-electron chi connectivity index (χ3n) is 9.52. The van der Waals surface area contributed by atoms with Crippen molar-refractivity contribution in [3.63, 3.8) is 0 Å². The molecule has 4 bridgehead atoms. The molecule has 3 heteroatoms. The van der Waals surface area contributed by atoms with Crippen molar-refractivity contribution in [3.05, 3.63) is 11.6 Å². The monoisotopic (exact) mass is 341 g/mol. The molecule has 0 radical (unpaired) electrons. The topological polar surface area (TPSA) is 29.5 Å². The van der Waals surface area contributed by atoms with Gasteiger partial charge in [0, 0.05) is 36.4 Å². The molecule has 6 rings (SSSR count). The van der Waals surface area contributed by atoms with Crippen molar-refractivity contribution < 1.29 is 9.53 Å². The van der Waals surface area contributed by atoms with Gasteiger partial charge >= 0.3 is 5.97 Å². The average molecular weight is 341 g/mol. The lowest BCUT2D eigenvalue weighted by atomic mass is 9.42. The molecular weight excluding hydrogens is 310 g/mol. The number of hydrogen-bond donors (Lipinski definition) is 0. The summed E-state index contributed by atoms with van der Waals surface area (Å²) in [6, 6.07) is 0.687. The molecule has 4 unspecified atom stereocenters. The van der Waals surface area contributed by atoms with Crippen LogP contribution >= 0.6 is 0 Å². The van der Waals surface area contributed by atoms with E-state index in [0.717, 1.165) is 30.1 Å². The minimum absolute atomic E-state index is 0.0682. The molecule has 0 spiro atoms. The van der Waals surface area contributed by atoms with E-state index in [1.807, 2.05) is 0 Å². The van der Waals surface area contributed by atoms with E-state index in [9.17, 15) is 4.79 Å². The Balaban J connectivity index is 1.62. The molecular formula is C22H31NO2. The van der Waals surface area contributed by atoms with E-state index >= 15 is 0 Å². The van der Waals surface area contributed by atoms with Crippen LogP contribution in [0.25, 0.3) is 0 Å². The van der Waals surface area contributed by atoms with Crippen LogP contribution in [0.4, 0.5) is 0 Å². The van der Waals surface area contributed by atoms with E-state index in [0.29, 0.717) is 19.1 Å². The summed E-state index contributed by atoms with van der Waals surface area (Å²) in [6.07, 6.45) is 12.4. The number of carbonyl (C=O) groups excluding carboxylic acids is 1. The Morgan fingerprint density at radius 3 is 3.00 bits per heavy atom. The highest BCUT2D eigenvalue weighted by molar-refractivity contribution is 5.70. The van der Waals surface area contributed by atoms with Crippen LogP contribution in [0.2, 0.25) is 0 Å². The number of rotatable bonds is 0. The van der Waals surface area contributed by atoms with Crippen LogP contribution in [0.3, 0.4) is 0 Å². The summed E-state index contributed by atoms with van der Waals surface area (Å²) < 4.78 is 5.92. The van der Waals surface area contributed by atoms with Gasteiger partial charge in [-0.05, 0) is 68.6 Å². The largest absolute Gasteiger partial charge is 0.465 e. The zero-order valence-electron chi connectivity index (χ0n) is 15.5. The Labute approximate surface area is 151 Å². The van der Waals surface area contributed by atoms with Crippen LogP contribution < -0.4 is 0 Å². The Hall–Kier alpha value is -0.830. The molecule has 0 aromatic carbocycles. The Kier molecular flexibility index (Phi) is 2.99. The Morgan fingerprint density at radius 1 is 1.16 bits per heavy atom. The first-order valence-electron chi connectivity index (χ1n) is 10.8. The molecule has 136 valence electrons. The molecule has 5 fully saturated rings. The van der Waals surface area contributed by atoms with Crippen LogP contribution in [0.15, 0.2) is 11.6 Å². The van der Waals surface area contributed by atoms with Crippen molar-refractivity contribution in [3.8, 4) is 0 Å². The number of hydrogen-bond acceptors (Lipinski definition) is 3. The van der Waals surface area contributed by atoms with Crippen molar-refractivity contribution in [1.82, 2.24) is 4.90 Å². The maximum atomic E-state index is 12.4. The second-order valence-electron chi connectivity index (χ2n) is 10.1. The predicted octanol–water partition coefficient (Wildman–Crippen LogP) is 3.79. The second kappa shape index (κ2) is 4.91. The highest BCUT2D eigenvalue weighted by Gasteiger charge is 2.72. The van der Waals surface area contributed by atoms with E-state index in [2.05, 4.69) is 17.9 Å². The minimum atomic E-state index is 0.0682. The molecule has 7 atom stereocenters. The van der Waals surface area contributed by atoms with Crippen LogP contribution in [-0.2, 0) is 9.53 Å². The zero-order valence-corrected chi connectivity index (χ0v) is 15.5. The number of piperidine rings is 1. The van der Waals surface area contributed by atoms with Gasteiger partial charge in [-0.25, -0.2) is 0 Å². The average Bonchev–Trinajstić information content (AvgIpc) is 3.14. The van der Waals surface area contributed by atoms with Crippen molar-refractivity contribution in [2.45, 2.75) is 64.3 Å². The molecule has 0 amide bonds.